The molecule has 1 aromatic carbocycles. The summed E-state index contributed by atoms with van der Waals surface area (Å²) in [5, 5.41) is 11.9. The molecule has 0 aliphatic heterocycles. The van der Waals surface area contributed by atoms with Crippen LogP contribution in [0.25, 0.3) is 0 Å². The summed E-state index contributed by atoms with van der Waals surface area (Å²) in [4.78, 5) is 18.4. The minimum atomic E-state index is -1.09. The molecule has 1 aromatic heterocycles. The highest BCUT2D eigenvalue weighted by Gasteiger charge is 2.06. The molecule has 0 saturated heterocycles. The van der Waals surface area contributed by atoms with E-state index in [1.165, 1.54) is 12.4 Å². The van der Waals surface area contributed by atoms with Gasteiger partial charge in [-0.25, -0.2) is 14.8 Å². The van der Waals surface area contributed by atoms with Crippen molar-refractivity contribution in [3.8, 4) is 5.75 Å². The maximum Gasteiger partial charge on any atom is 0.354 e. The number of nitrogens with one attached hydrogen (secondary N) is 1. The Hall–Kier alpha value is -2.63. The molecule has 0 fully saturated rings. The first-order valence-corrected chi connectivity index (χ1v) is 6.13. The van der Waals surface area contributed by atoms with Crippen molar-refractivity contribution in [2.24, 2.45) is 0 Å². The van der Waals surface area contributed by atoms with Crippen LogP contribution in [0.1, 0.15) is 24.3 Å². The van der Waals surface area contributed by atoms with Crippen molar-refractivity contribution in [3.05, 3.63) is 42.4 Å². The number of hydrogen-bond acceptors (Lipinski definition) is 5. The topological polar surface area (TPSA) is 84.3 Å². The molecule has 0 amide bonds. The lowest BCUT2D eigenvalue weighted by molar-refractivity contribution is 0.0690. The molecule has 2 N–H and O–H groups in total. The van der Waals surface area contributed by atoms with Crippen LogP contribution in [-0.4, -0.2) is 27.1 Å². The average molecular weight is 273 g/mol. The van der Waals surface area contributed by atoms with Crippen LogP contribution in [0.3, 0.4) is 0 Å². The van der Waals surface area contributed by atoms with E-state index in [4.69, 9.17) is 9.84 Å². The first kappa shape index (κ1) is 13.8. The summed E-state index contributed by atoms with van der Waals surface area (Å²) in [5.74, 6) is 0.116. The van der Waals surface area contributed by atoms with Gasteiger partial charge in [-0.15, -0.1) is 0 Å². The molecule has 0 spiro atoms. The van der Waals surface area contributed by atoms with Gasteiger partial charge in [-0.05, 0) is 38.1 Å². The third kappa shape index (κ3) is 3.68. The molecular weight excluding hydrogens is 258 g/mol. The van der Waals surface area contributed by atoms with Gasteiger partial charge in [0.15, 0.2) is 5.69 Å². The highest BCUT2D eigenvalue weighted by atomic mass is 16.5. The largest absolute Gasteiger partial charge is 0.491 e. The van der Waals surface area contributed by atoms with Crippen LogP contribution in [0, 0.1) is 0 Å². The van der Waals surface area contributed by atoms with Gasteiger partial charge in [0, 0.05) is 11.8 Å². The highest BCUT2D eigenvalue weighted by molar-refractivity contribution is 5.86. The number of carboxylic acids is 1. The Bertz CT molecular complexity index is 597. The van der Waals surface area contributed by atoms with E-state index in [0.717, 1.165) is 11.4 Å². The lowest BCUT2D eigenvalue weighted by atomic mass is 10.3. The number of aromatic nitrogens is 2. The van der Waals surface area contributed by atoms with Gasteiger partial charge in [-0.1, -0.05) is 0 Å². The van der Waals surface area contributed by atoms with Crippen molar-refractivity contribution < 1.29 is 14.6 Å². The summed E-state index contributed by atoms with van der Waals surface area (Å²) in [6.45, 7) is 3.92. The standard InChI is InChI=1S/C14H15N3O3/c1-9(2)20-11-5-3-10(4-6-11)17-13-7-12(14(18)19)15-8-16-13/h3-9H,1-2H3,(H,18,19)(H,15,16,17). The lowest BCUT2D eigenvalue weighted by Crippen LogP contribution is -2.05. The lowest BCUT2D eigenvalue weighted by Gasteiger charge is -2.10. The molecule has 0 radical (unpaired) electrons. The fourth-order valence-electron chi connectivity index (χ4n) is 1.58. The molecule has 6 nitrogen and oxygen atoms in total. The van der Waals surface area contributed by atoms with Crippen molar-refractivity contribution >= 4 is 17.5 Å². The fraction of sp³-hybridized carbons (Fsp3) is 0.214. The van der Waals surface area contributed by atoms with Gasteiger partial charge in [0.05, 0.1) is 6.10 Å². The average Bonchev–Trinajstić information content (AvgIpc) is 2.41. The van der Waals surface area contributed by atoms with Crippen molar-refractivity contribution in [2.45, 2.75) is 20.0 Å². The number of rotatable bonds is 5. The molecule has 104 valence electrons. The van der Waals surface area contributed by atoms with Crippen molar-refractivity contribution in [1.82, 2.24) is 9.97 Å². The Morgan fingerprint density at radius 3 is 2.55 bits per heavy atom. The van der Waals surface area contributed by atoms with Crippen molar-refractivity contribution in [1.29, 1.82) is 0 Å². The Morgan fingerprint density at radius 1 is 1.25 bits per heavy atom. The van der Waals surface area contributed by atoms with Crippen LogP contribution in [-0.2, 0) is 0 Å². The third-order valence-corrected chi connectivity index (χ3v) is 2.38. The minimum absolute atomic E-state index is 0.0535. The minimum Gasteiger partial charge on any atom is -0.491 e. The number of ether oxygens (including phenoxy) is 1. The van der Waals surface area contributed by atoms with Gasteiger partial charge < -0.3 is 15.2 Å². The van der Waals surface area contributed by atoms with Gasteiger partial charge in [-0.3, -0.25) is 0 Å². The predicted octanol–water partition coefficient (Wildman–Crippen LogP) is 2.71. The zero-order valence-corrected chi connectivity index (χ0v) is 11.2. The van der Waals surface area contributed by atoms with Crippen molar-refractivity contribution in [3.63, 3.8) is 0 Å². The number of carbonyl (C=O) groups is 1. The number of aromatic carboxylic acids is 1. The zero-order valence-electron chi connectivity index (χ0n) is 11.2. The van der Waals surface area contributed by atoms with E-state index in [-0.39, 0.29) is 11.8 Å². The summed E-state index contributed by atoms with van der Waals surface area (Å²) in [5.41, 5.74) is 0.735. The SMILES string of the molecule is CC(C)Oc1ccc(Nc2cc(C(=O)O)ncn2)cc1. The summed E-state index contributed by atoms with van der Waals surface area (Å²) in [6.07, 6.45) is 1.33. The van der Waals surface area contributed by atoms with Gasteiger partial charge in [0.1, 0.15) is 17.9 Å². The maximum atomic E-state index is 10.8. The Balaban J connectivity index is 2.10. The molecule has 1 heterocycles. The molecule has 0 saturated carbocycles. The quantitative estimate of drug-likeness (QED) is 0.871. The molecule has 6 heteroatoms. The second kappa shape index (κ2) is 6.01. The maximum absolute atomic E-state index is 10.8. The second-order valence-corrected chi connectivity index (χ2v) is 4.41. The third-order valence-electron chi connectivity index (χ3n) is 2.38. The van der Waals surface area contributed by atoms with Gasteiger partial charge in [0.2, 0.25) is 0 Å². The molecule has 2 rings (SSSR count). The Kier molecular flexibility index (Phi) is 4.14. The first-order chi connectivity index (χ1) is 9.54. The number of benzene rings is 1. The van der Waals surface area contributed by atoms with Crippen LogP contribution < -0.4 is 10.1 Å². The number of carboxylic acid groups (broad SMARTS) is 1. The Morgan fingerprint density at radius 2 is 1.95 bits per heavy atom. The number of hydrogen-bond donors (Lipinski definition) is 2. The molecule has 0 aliphatic carbocycles. The van der Waals surface area contributed by atoms with E-state index in [1.807, 2.05) is 38.1 Å². The second-order valence-electron chi connectivity index (χ2n) is 4.41. The molecule has 0 unspecified atom stereocenters. The highest BCUT2D eigenvalue weighted by Crippen LogP contribution is 2.19. The van der Waals surface area contributed by atoms with Crippen LogP contribution in [0.15, 0.2) is 36.7 Å². The van der Waals surface area contributed by atoms with Crippen molar-refractivity contribution in [2.75, 3.05) is 5.32 Å². The van der Waals surface area contributed by atoms with Crippen LogP contribution in [0.5, 0.6) is 5.75 Å². The summed E-state index contributed by atoms with van der Waals surface area (Å²) >= 11 is 0. The molecule has 0 bridgehead atoms. The van der Waals surface area contributed by atoms with E-state index in [1.54, 1.807) is 0 Å². The number of anilines is 2. The number of nitrogens with zero attached hydrogens (tertiary/aromatic N) is 2. The molecule has 0 aliphatic rings. The summed E-state index contributed by atoms with van der Waals surface area (Å²) < 4.78 is 5.54. The smallest absolute Gasteiger partial charge is 0.354 e. The van der Waals surface area contributed by atoms with Crippen LogP contribution in [0.4, 0.5) is 11.5 Å². The summed E-state index contributed by atoms with van der Waals surface area (Å²) in [7, 11) is 0. The van der Waals surface area contributed by atoms with Gasteiger partial charge in [0.25, 0.3) is 0 Å². The normalized spacial score (nSPS) is 10.3. The Labute approximate surface area is 116 Å². The molecule has 0 atom stereocenters. The van der Waals surface area contributed by atoms with Crippen LogP contribution >= 0.6 is 0 Å². The van der Waals surface area contributed by atoms with Gasteiger partial charge in [-0.2, -0.15) is 0 Å². The van der Waals surface area contributed by atoms with E-state index >= 15 is 0 Å². The summed E-state index contributed by atoms with van der Waals surface area (Å²) in [6, 6.07) is 8.71. The zero-order chi connectivity index (χ0) is 14.5. The van der Waals surface area contributed by atoms with Crippen LogP contribution in [0.2, 0.25) is 0 Å². The molecule has 2 aromatic rings. The van der Waals surface area contributed by atoms with Gasteiger partial charge >= 0.3 is 5.97 Å². The molecule has 20 heavy (non-hydrogen) atoms. The van der Waals surface area contributed by atoms with E-state index in [2.05, 4.69) is 15.3 Å². The van der Waals surface area contributed by atoms with E-state index in [9.17, 15) is 4.79 Å². The predicted molar refractivity (Wildman–Crippen MR) is 74.5 cm³/mol. The monoisotopic (exact) mass is 273 g/mol. The van der Waals surface area contributed by atoms with E-state index in [0.29, 0.717) is 5.82 Å². The van der Waals surface area contributed by atoms with E-state index < -0.39 is 5.97 Å². The first-order valence-electron chi connectivity index (χ1n) is 6.13. The fourth-order valence-corrected chi connectivity index (χ4v) is 1.58. The molecular formula is C14H15N3O3.